The average molecular weight is 461 g/mol. The summed E-state index contributed by atoms with van der Waals surface area (Å²) in [5.41, 5.74) is 1.83. The Morgan fingerprint density at radius 3 is 2.52 bits per heavy atom. The Labute approximate surface area is 194 Å². The fourth-order valence-corrected chi connectivity index (χ4v) is 4.51. The standard InChI is InChI=1S/C25H30Cl2N2O2/c1-18(25(31)28-22-11-3-2-4-12-22)29(17-19-8-7-10-21(26)16-19)24(30)15-14-20-9-5-6-13-23(20)27/h5-10,13,16,18,22H,2-4,11-12,14-15,17H2,1H3,(H,28,31)/t18-/m0/s1. The van der Waals surface area contributed by atoms with Crippen molar-refractivity contribution in [3.05, 3.63) is 69.7 Å². The van der Waals surface area contributed by atoms with Gasteiger partial charge in [-0.05, 0) is 55.5 Å². The molecule has 0 bridgehead atoms. The maximum absolute atomic E-state index is 13.2. The minimum absolute atomic E-state index is 0.0776. The van der Waals surface area contributed by atoms with Gasteiger partial charge in [-0.25, -0.2) is 0 Å². The number of carbonyl (C=O) groups excluding carboxylic acids is 2. The summed E-state index contributed by atoms with van der Waals surface area (Å²) < 4.78 is 0. The van der Waals surface area contributed by atoms with Gasteiger partial charge in [0.25, 0.3) is 0 Å². The van der Waals surface area contributed by atoms with Gasteiger partial charge in [-0.3, -0.25) is 9.59 Å². The minimum Gasteiger partial charge on any atom is -0.352 e. The SMILES string of the molecule is C[C@@H](C(=O)NC1CCCCC1)N(Cc1cccc(Cl)c1)C(=O)CCc1ccccc1Cl. The predicted molar refractivity (Wildman–Crippen MR) is 126 cm³/mol. The van der Waals surface area contributed by atoms with Crippen LogP contribution < -0.4 is 5.32 Å². The molecule has 2 aromatic rings. The summed E-state index contributed by atoms with van der Waals surface area (Å²) >= 11 is 12.4. The molecule has 0 aromatic heterocycles. The molecule has 0 unspecified atom stereocenters. The lowest BCUT2D eigenvalue weighted by Crippen LogP contribution is -2.50. The average Bonchev–Trinajstić information content (AvgIpc) is 2.77. The van der Waals surface area contributed by atoms with Gasteiger partial charge in [-0.2, -0.15) is 0 Å². The second kappa shape index (κ2) is 11.5. The van der Waals surface area contributed by atoms with Crippen molar-refractivity contribution in [2.24, 2.45) is 0 Å². The molecule has 3 rings (SSSR count). The first-order valence-corrected chi connectivity index (χ1v) is 11.8. The number of benzene rings is 2. The van der Waals surface area contributed by atoms with Crippen LogP contribution in [0.15, 0.2) is 48.5 Å². The highest BCUT2D eigenvalue weighted by atomic mass is 35.5. The lowest BCUT2D eigenvalue weighted by Gasteiger charge is -2.31. The van der Waals surface area contributed by atoms with Gasteiger partial charge in [-0.15, -0.1) is 0 Å². The van der Waals surface area contributed by atoms with E-state index in [4.69, 9.17) is 23.2 Å². The van der Waals surface area contributed by atoms with Gasteiger partial charge >= 0.3 is 0 Å². The summed E-state index contributed by atoms with van der Waals surface area (Å²) in [5.74, 6) is -0.175. The zero-order valence-corrected chi connectivity index (χ0v) is 19.5. The zero-order chi connectivity index (χ0) is 22.2. The van der Waals surface area contributed by atoms with E-state index in [0.717, 1.165) is 36.8 Å². The predicted octanol–water partition coefficient (Wildman–Crippen LogP) is 5.79. The van der Waals surface area contributed by atoms with Gasteiger partial charge < -0.3 is 10.2 Å². The molecule has 0 saturated heterocycles. The summed E-state index contributed by atoms with van der Waals surface area (Å²) in [6, 6.07) is 14.6. The van der Waals surface area contributed by atoms with Crippen LogP contribution in [0.4, 0.5) is 0 Å². The Kier molecular flexibility index (Phi) is 8.79. The molecule has 2 amide bonds. The minimum atomic E-state index is -0.570. The first-order chi connectivity index (χ1) is 14.9. The van der Waals surface area contributed by atoms with E-state index in [0.29, 0.717) is 23.0 Å². The quantitative estimate of drug-likeness (QED) is 0.541. The number of hydrogen-bond donors (Lipinski definition) is 1. The number of amides is 2. The third kappa shape index (κ3) is 6.98. The van der Waals surface area contributed by atoms with Gasteiger partial charge in [0, 0.05) is 29.1 Å². The first kappa shape index (κ1) is 23.6. The van der Waals surface area contributed by atoms with Crippen LogP contribution in [0, 0.1) is 0 Å². The van der Waals surface area contributed by atoms with E-state index < -0.39 is 6.04 Å². The van der Waals surface area contributed by atoms with Crippen LogP contribution in [0.5, 0.6) is 0 Å². The molecule has 1 aliphatic carbocycles. The lowest BCUT2D eigenvalue weighted by atomic mass is 9.95. The van der Waals surface area contributed by atoms with E-state index in [-0.39, 0.29) is 24.3 Å². The molecule has 6 heteroatoms. The maximum Gasteiger partial charge on any atom is 0.242 e. The summed E-state index contributed by atoms with van der Waals surface area (Å²) in [6.07, 6.45) is 6.33. The van der Waals surface area contributed by atoms with Crippen LogP contribution >= 0.6 is 23.2 Å². The second-order valence-electron chi connectivity index (χ2n) is 8.26. The number of halogens is 2. The van der Waals surface area contributed by atoms with Crippen LogP contribution in [-0.4, -0.2) is 28.8 Å². The highest BCUT2D eigenvalue weighted by Gasteiger charge is 2.28. The van der Waals surface area contributed by atoms with Crippen molar-refractivity contribution < 1.29 is 9.59 Å². The summed E-state index contributed by atoms with van der Waals surface area (Å²) in [6.45, 7) is 2.14. The third-order valence-corrected chi connectivity index (χ3v) is 6.53. The molecule has 1 saturated carbocycles. The molecule has 1 fully saturated rings. The van der Waals surface area contributed by atoms with Crippen molar-refractivity contribution in [1.82, 2.24) is 10.2 Å². The van der Waals surface area contributed by atoms with Crippen molar-refractivity contribution in [3.63, 3.8) is 0 Å². The Hall–Kier alpha value is -2.04. The molecule has 166 valence electrons. The zero-order valence-electron chi connectivity index (χ0n) is 17.9. The van der Waals surface area contributed by atoms with E-state index in [1.165, 1.54) is 6.42 Å². The van der Waals surface area contributed by atoms with E-state index >= 15 is 0 Å². The van der Waals surface area contributed by atoms with E-state index in [1.54, 1.807) is 17.9 Å². The first-order valence-electron chi connectivity index (χ1n) is 11.0. The van der Waals surface area contributed by atoms with Gasteiger partial charge in [0.15, 0.2) is 0 Å². The van der Waals surface area contributed by atoms with Crippen LogP contribution in [0.3, 0.4) is 0 Å². The molecular formula is C25H30Cl2N2O2. The summed E-state index contributed by atoms with van der Waals surface area (Å²) in [4.78, 5) is 27.9. The van der Waals surface area contributed by atoms with Crippen LogP contribution in [-0.2, 0) is 22.6 Å². The molecule has 1 atom stereocenters. The fraction of sp³-hybridized carbons (Fsp3) is 0.440. The normalized spacial score (nSPS) is 15.3. The van der Waals surface area contributed by atoms with Crippen molar-refractivity contribution in [2.45, 2.75) is 70.5 Å². The Bertz CT molecular complexity index is 897. The number of rotatable bonds is 8. The highest BCUT2D eigenvalue weighted by molar-refractivity contribution is 6.31. The van der Waals surface area contributed by atoms with Crippen LogP contribution in [0.1, 0.15) is 56.6 Å². The van der Waals surface area contributed by atoms with Crippen molar-refractivity contribution in [3.8, 4) is 0 Å². The molecule has 0 aliphatic heterocycles. The Morgan fingerprint density at radius 1 is 1.06 bits per heavy atom. The number of hydrogen-bond acceptors (Lipinski definition) is 2. The highest BCUT2D eigenvalue weighted by Crippen LogP contribution is 2.21. The van der Waals surface area contributed by atoms with Gasteiger partial charge in [0.2, 0.25) is 11.8 Å². The monoisotopic (exact) mass is 460 g/mol. The number of nitrogens with one attached hydrogen (secondary N) is 1. The topological polar surface area (TPSA) is 49.4 Å². The Morgan fingerprint density at radius 2 is 1.81 bits per heavy atom. The largest absolute Gasteiger partial charge is 0.352 e. The summed E-state index contributed by atoms with van der Waals surface area (Å²) in [7, 11) is 0. The van der Waals surface area contributed by atoms with E-state index in [2.05, 4.69) is 5.32 Å². The molecule has 1 aliphatic rings. The van der Waals surface area contributed by atoms with Gasteiger partial charge in [0.05, 0.1) is 0 Å². The maximum atomic E-state index is 13.2. The second-order valence-corrected chi connectivity index (χ2v) is 9.11. The smallest absolute Gasteiger partial charge is 0.242 e. The van der Waals surface area contributed by atoms with E-state index in [9.17, 15) is 9.59 Å². The van der Waals surface area contributed by atoms with Gasteiger partial charge in [-0.1, -0.05) is 72.8 Å². The van der Waals surface area contributed by atoms with Crippen molar-refractivity contribution in [1.29, 1.82) is 0 Å². The van der Waals surface area contributed by atoms with Crippen molar-refractivity contribution in [2.75, 3.05) is 0 Å². The van der Waals surface area contributed by atoms with Crippen molar-refractivity contribution >= 4 is 35.0 Å². The molecule has 31 heavy (non-hydrogen) atoms. The Balaban J connectivity index is 1.71. The number of aryl methyl sites for hydroxylation is 1. The van der Waals surface area contributed by atoms with Crippen LogP contribution in [0.2, 0.25) is 10.0 Å². The van der Waals surface area contributed by atoms with Gasteiger partial charge in [0.1, 0.15) is 6.04 Å². The van der Waals surface area contributed by atoms with Crippen LogP contribution in [0.25, 0.3) is 0 Å². The summed E-state index contributed by atoms with van der Waals surface area (Å²) in [5, 5.41) is 4.42. The third-order valence-electron chi connectivity index (χ3n) is 5.93. The lowest BCUT2D eigenvalue weighted by molar-refractivity contribution is -0.141. The molecule has 0 heterocycles. The number of nitrogens with zero attached hydrogens (tertiary/aromatic N) is 1. The molecule has 0 spiro atoms. The molecule has 1 N–H and O–H groups in total. The molecular weight excluding hydrogens is 431 g/mol. The molecule has 0 radical (unpaired) electrons. The number of carbonyl (C=O) groups is 2. The fourth-order valence-electron chi connectivity index (χ4n) is 4.07. The molecule has 4 nitrogen and oxygen atoms in total. The molecule has 2 aromatic carbocycles. The van der Waals surface area contributed by atoms with E-state index in [1.807, 2.05) is 42.5 Å².